The van der Waals surface area contributed by atoms with Gasteiger partial charge in [-0.05, 0) is 59.0 Å². The molecule has 1 saturated heterocycles. The molecule has 1 aliphatic rings. The zero-order valence-corrected chi connectivity index (χ0v) is 11.0. The monoisotopic (exact) mass is 213 g/mol. The summed E-state index contributed by atoms with van der Waals surface area (Å²) in [4.78, 5) is 2.43. The molecule has 2 heteroatoms. The first-order chi connectivity index (χ1) is 6.87. The van der Waals surface area contributed by atoms with Gasteiger partial charge in [0.2, 0.25) is 0 Å². The highest BCUT2D eigenvalue weighted by Crippen LogP contribution is 2.23. The second-order valence-corrected chi connectivity index (χ2v) is 6.18. The van der Waals surface area contributed by atoms with Gasteiger partial charge in [0.05, 0.1) is 5.60 Å². The first-order valence-corrected chi connectivity index (χ1v) is 6.19. The Morgan fingerprint density at radius 1 is 1.40 bits per heavy atom. The Morgan fingerprint density at radius 3 is 2.53 bits per heavy atom. The molecular weight excluding hydrogens is 186 g/mol. The normalized spacial score (nSPS) is 25.8. The van der Waals surface area contributed by atoms with Crippen molar-refractivity contribution in [2.24, 2.45) is 11.8 Å². The van der Waals surface area contributed by atoms with Crippen LogP contribution in [0.2, 0.25) is 0 Å². The van der Waals surface area contributed by atoms with E-state index in [2.05, 4.69) is 39.6 Å². The van der Waals surface area contributed by atoms with Crippen molar-refractivity contribution >= 4 is 0 Å². The van der Waals surface area contributed by atoms with Crippen molar-refractivity contribution in [2.45, 2.75) is 46.1 Å². The Kier molecular flexibility index (Phi) is 4.60. The van der Waals surface area contributed by atoms with Crippen LogP contribution >= 0.6 is 0 Å². The lowest BCUT2D eigenvalue weighted by molar-refractivity contribution is -0.0226. The average Bonchev–Trinajstić information content (AvgIpc) is 2.47. The van der Waals surface area contributed by atoms with Gasteiger partial charge >= 0.3 is 0 Å². The molecule has 2 nitrogen and oxygen atoms in total. The molecule has 0 aromatic heterocycles. The summed E-state index contributed by atoms with van der Waals surface area (Å²) in [7, 11) is 2.22. The number of likely N-dealkylation sites (tertiary alicyclic amines) is 1. The van der Waals surface area contributed by atoms with Gasteiger partial charge in [0.1, 0.15) is 0 Å². The zero-order chi connectivity index (χ0) is 11.5. The molecule has 0 aliphatic carbocycles. The van der Waals surface area contributed by atoms with Crippen molar-refractivity contribution in [1.82, 2.24) is 4.90 Å². The van der Waals surface area contributed by atoms with Crippen LogP contribution in [0.3, 0.4) is 0 Å². The van der Waals surface area contributed by atoms with Gasteiger partial charge in [0, 0.05) is 13.2 Å². The minimum absolute atomic E-state index is 0.0146. The minimum Gasteiger partial charge on any atom is -0.376 e. The Bertz CT molecular complexity index is 185. The highest BCUT2D eigenvalue weighted by molar-refractivity contribution is 4.75. The number of ether oxygens (including phenoxy) is 1. The van der Waals surface area contributed by atoms with Gasteiger partial charge in [-0.15, -0.1) is 0 Å². The molecule has 1 aliphatic heterocycles. The van der Waals surface area contributed by atoms with Crippen molar-refractivity contribution in [1.29, 1.82) is 0 Å². The number of rotatable bonds is 4. The van der Waals surface area contributed by atoms with Crippen LogP contribution in [0, 0.1) is 11.8 Å². The zero-order valence-electron chi connectivity index (χ0n) is 11.0. The summed E-state index contributed by atoms with van der Waals surface area (Å²) in [5, 5.41) is 0. The van der Waals surface area contributed by atoms with Gasteiger partial charge in [-0.1, -0.05) is 6.92 Å². The maximum absolute atomic E-state index is 5.81. The molecule has 2 unspecified atom stereocenters. The fraction of sp³-hybridized carbons (Fsp3) is 1.00. The maximum Gasteiger partial charge on any atom is 0.0598 e. The van der Waals surface area contributed by atoms with E-state index in [1.807, 2.05) is 0 Å². The predicted molar refractivity (Wildman–Crippen MR) is 65.1 cm³/mol. The van der Waals surface area contributed by atoms with Crippen molar-refractivity contribution in [3.05, 3.63) is 0 Å². The summed E-state index contributed by atoms with van der Waals surface area (Å²) >= 11 is 0. The third-order valence-electron chi connectivity index (χ3n) is 3.03. The molecule has 1 rings (SSSR count). The summed E-state index contributed by atoms with van der Waals surface area (Å²) in [5.74, 6) is 1.59. The summed E-state index contributed by atoms with van der Waals surface area (Å²) in [6, 6.07) is 0. The molecule has 0 radical (unpaired) electrons. The fourth-order valence-corrected chi connectivity index (χ4v) is 2.25. The minimum atomic E-state index is 0.0146. The Morgan fingerprint density at radius 2 is 2.07 bits per heavy atom. The molecule has 1 heterocycles. The Labute approximate surface area is 95.0 Å². The molecule has 0 spiro atoms. The van der Waals surface area contributed by atoms with Gasteiger partial charge < -0.3 is 9.64 Å². The van der Waals surface area contributed by atoms with E-state index < -0.39 is 0 Å². The SMILES string of the molecule is CC(COC(C)(C)C)CC1CCN(C)C1. The quantitative estimate of drug-likeness (QED) is 0.712. The average molecular weight is 213 g/mol. The van der Waals surface area contributed by atoms with Gasteiger partial charge in [0.25, 0.3) is 0 Å². The molecular formula is C13H27NO. The van der Waals surface area contributed by atoms with Crippen LogP contribution in [0.15, 0.2) is 0 Å². The molecule has 0 bridgehead atoms. The summed E-state index contributed by atoms with van der Waals surface area (Å²) in [6.45, 7) is 12.2. The van der Waals surface area contributed by atoms with E-state index in [0.717, 1.165) is 12.5 Å². The smallest absolute Gasteiger partial charge is 0.0598 e. The topological polar surface area (TPSA) is 12.5 Å². The largest absolute Gasteiger partial charge is 0.376 e. The first kappa shape index (κ1) is 13.0. The van der Waals surface area contributed by atoms with Gasteiger partial charge in [-0.2, -0.15) is 0 Å². The van der Waals surface area contributed by atoms with Crippen LogP contribution < -0.4 is 0 Å². The van der Waals surface area contributed by atoms with Crippen molar-refractivity contribution in [2.75, 3.05) is 26.7 Å². The molecule has 0 N–H and O–H groups in total. The second-order valence-electron chi connectivity index (χ2n) is 6.18. The number of hydrogen-bond donors (Lipinski definition) is 0. The van der Waals surface area contributed by atoms with Gasteiger partial charge in [-0.25, -0.2) is 0 Å². The van der Waals surface area contributed by atoms with E-state index in [1.54, 1.807) is 0 Å². The van der Waals surface area contributed by atoms with E-state index in [0.29, 0.717) is 5.92 Å². The van der Waals surface area contributed by atoms with E-state index >= 15 is 0 Å². The summed E-state index contributed by atoms with van der Waals surface area (Å²) in [5.41, 5.74) is 0.0146. The third-order valence-corrected chi connectivity index (χ3v) is 3.03. The third kappa shape index (κ3) is 5.53. The van der Waals surface area contributed by atoms with Crippen LogP contribution in [-0.4, -0.2) is 37.2 Å². The van der Waals surface area contributed by atoms with Crippen molar-refractivity contribution in [3.8, 4) is 0 Å². The molecule has 0 aromatic rings. The molecule has 0 amide bonds. The Balaban J connectivity index is 2.16. The van der Waals surface area contributed by atoms with Crippen LogP contribution in [0.5, 0.6) is 0 Å². The first-order valence-electron chi connectivity index (χ1n) is 6.19. The summed E-state index contributed by atoms with van der Waals surface area (Å²) in [6.07, 6.45) is 2.69. The molecule has 2 atom stereocenters. The lowest BCUT2D eigenvalue weighted by Gasteiger charge is -2.23. The number of nitrogens with zero attached hydrogens (tertiary/aromatic N) is 1. The van der Waals surface area contributed by atoms with Crippen LogP contribution in [0.4, 0.5) is 0 Å². The van der Waals surface area contributed by atoms with Crippen LogP contribution in [-0.2, 0) is 4.74 Å². The molecule has 0 aromatic carbocycles. The second kappa shape index (κ2) is 5.31. The van der Waals surface area contributed by atoms with Crippen LogP contribution in [0.1, 0.15) is 40.5 Å². The lowest BCUT2D eigenvalue weighted by atomic mass is 9.95. The maximum atomic E-state index is 5.81. The highest BCUT2D eigenvalue weighted by Gasteiger charge is 2.22. The van der Waals surface area contributed by atoms with E-state index in [-0.39, 0.29) is 5.60 Å². The standard InChI is InChI=1S/C13H27NO/c1-11(10-15-13(2,3)4)8-12-6-7-14(5)9-12/h11-12H,6-10H2,1-5H3. The van der Waals surface area contributed by atoms with Gasteiger partial charge in [0.15, 0.2) is 0 Å². The fourth-order valence-electron chi connectivity index (χ4n) is 2.25. The van der Waals surface area contributed by atoms with Crippen molar-refractivity contribution in [3.63, 3.8) is 0 Å². The lowest BCUT2D eigenvalue weighted by Crippen LogP contribution is -2.24. The van der Waals surface area contributed by atoms with E-state index in [4.69, 9.17) is 4.74 Å². The van der Waals surface area contributed by atoms with Gasteiger partial charge in [-0.3, -0.25) is 0 Å². The van der Waals surface area contributed by atoms with E-state index in [1.165, 1.54) is 25.9 Å². The Hall–Kier alpha value is -0.0800. The van der Waals surface area contributed by atoms with E-state index in [9.17, 15) is 0 Å². The summed E-state index contributed by atoms with van der Waals surface area (Å²) < 4.78 is 5.81. The molecule has 90 valence electrons. The highest BCUT2D eigenvalue weighted by atomic mass is 16.5. The molecule has 0 saturated carbocycles. The van der Waals surface area contributed by atoms with Crippen molar-refractivity contribution < 1.29 is 4.74 Å². The molecule has 1 fully saturated rings. The van der Waals surface area contributed by atoms with Crippen LogP contribution in [0.25, 0.3) is 0 Å². The molecule has 15 heavy (non-hydrogen) atoms. The predicted octanol–water partition coefficient (Wildman–Crippen LogP) is 2.78. The number of hydrogen-bond acceptors (Lipinski definition) is 2.